The van der Waals surface area contributed by atoms with Gasteiger partial charge in [0.15, 0.2) is 0 Å². The quantitative estimate of drug-likeness (QED) is 0.764. The van der Waals surface area contributed by atoms with Crippen molar-refractivity contribution >= 4 is 17.3 Å². The van der Waals surface area contributed by atoms with Crippen LogP contribution in [0.25, 0.3) is 0 Å². The van der Waals surface area contributed by atoms with Gasteiger partial charge in [-0.1, -0.05) is 12.1 Å². The fourth-order valence-corrected chi connectivity index (χ4v) is 3.72. The van der Waals surface area contributed by atoms with Gasteiger partial charge in [-0.15, -0.1) is 0 Å². The van der Waals surface area contributed by atoms with Crippen molar-refractivity contribution in [2.75, 3.05) is 42.5 Å². The number of aromatic nitrogens is 2. The second-order valence-corrected chi connectivity index (χ2v) is 7.30. The third-order valence-electron chi connectivity index (χ3n) is 5.24. The van der Waals surface area contributed by atoms with Gasteiger partial charge in [0.1, 0.15) is 0 Å². The van der Waals surface area contributed by atoms with Crippen molar-refractivity contribution in [3.8, 4) is 0 Å². The molecule has 0 radical (unpaired) electrons. The molecule has 2 heterocycles. The Labute approximate surface area is 165 Å². The van der Waals surface area contributed by atoms with Crippen LogP contribution in [0.4, 0.5) is 11.4 Å². The maximum absolute atomic E-state index is 12.7. The predicted molar refractivity (Wildman–Crippen MR) is 112 cm³/mol. The van der Waals surface area contributed by atoms with Crippen LogP contribution in [0, 0.1) is 12.8 Å². The van der Waals surface area contributed by atoms with Crippen LogP contribution in [0.5, 0.6) is 0 Å². The lowest BCUT2D eigenvalue weighted by Gasteiger charge is -2.33. The number of anilines is 2. The summed E-state index contributed by atoms with van der Waals surface area (Å²) in [7, 11) is 0. The monoisotopic (exact) mass is 383 g/mol. The Morgan fingerprint density at radius 2 is 2.25 bits per heavy atom. The lowest BCUT2D eigenvalue weighted by atomic mass is 9.97. The fraction of sp³-hybridized carbons (Fsp3) is 0.476. The molecule has 3 rings (SSSR count). The molecule has 2 N–H and O–H groups in total. The number of nitrogens with one attached hydrogen (secondary N) is 2. The van der Waals surface area contributed by atoms with Crippen molar-refractivity contribution in [1.82, 2.24) is 15.5 Å². The molecule has 2 aromatic rings. The molecule has 0 unspecified atom stereocenters. The Bertz CT molecular complexity index is 850. The average Bonchev–Trinajstić information content (AvgIpc) is 2.71. The highest BCUT2D eigenvalue weighted by atomic mass is 16.2. The second-order valence-electron chi connectivity index (χ2n) is 7.30. The van der Waals surface area contributed by atoms with Gasteiger partial charge in [0.2, 0.25) is 5.91 Å². The zero-order valence-electron chi connectivity index (χ0n) is 16.6. The highest BCUT2D eigenvalue weighted by Gasteiger charge is 2.26. The summed E-state index contributed by atoms with van der Waals surface area (Å²) in [5, 5.41) is 9.34. The normalized spacial score (nSPS) is 16.6. The van der Waals surface area contributed by atoms with E-state index >= 15 is 0 Å². The molecule has 1 amide bonds. The van der Waals surface area contributed by atoms with E-state index in [0.29, 0.717) is 13.1 Å². The van der Waals surface area contributed by atoms with E-state index in [1.165, 1.54) is 17.3 Å². The van der Waals surface area contributed by atoms with Crippen LogP contribution < -0.4 is 20.7 Å². The largest absolute Gasteiger partial charge is 0.370 e. The summed E-state index contributed by atoms with van der Waals surface area (Å²) in [5.41, 5.74) is 2.97. The van der Waals surface area contributed by atoms with E-state index < -0.39 is 0 Å². The molecule has 1 aromatic carbocycles. The van der Waals surface area contributed by atoms with Crippen molar-refractivity contribution < 1.29 is 4.79 Å². The molecule has 28 heavy (non-hydrogen) atoms. The number of likely N-dealkylation sites (N-methyl/N-ethyl adjacent to an activating group) is 1. The van der Waals surface area contributed by atoms with Gasteiger partial charge in [-0.2, -0.15) is 5.10 Å². The second kappa shape index (κ2) is 9.39. The molecule has 150 valence electrons. The molecule has 0 saturated carbocycles. The number of benzene rings is 1. The number of aromatic amines is 1. The van der Waals surface area contributed by atoms with E-state index in [0.717, 1.165) is 38.2 Å². The molecular formula is C21H29N5O2. The molecule has 0 aliphatic carbocycles. The number of H-pyrrole nitrogens is 1. The van der Waals surface area contributed by atoms with Crippen molar-refractivity contribution in [1.29, 1.82) is 0 Å². The lowest BCUT2D eigenvalue weighted by molar-refractivity contribution is -0.125. The Balaban J connectivity index is 1.52. The molecular weight excluding hydrogens is 354 g/mol. The van der Waals surface area contributed by atoms with Gasteiger partial charge in [-0.3, -0.25) is 9.59 Å². The van der Waals surface area contributed by atoms with Gasteiger partial charge in [0.25, 0.3) is 5.56 Å². The van der Waals surface area contributed by atoms with Crippen LogP contribution >= 0.6 is 0 Å². The summed E-state index contributed by atoms with van der Waals surface area (Å²) in [5.74, 6) is 0.0184. The van der Waals surface area contributed by atoms with Gasteiger partial charge in [-0.25, -0.2) is 5.10 Å². The summed E-state index contributed by atoms with van der Waals surface area (Å²) in [6, 6.07) is 9.96. The van der Waals surface area contributed by atoms with Crippen LogP contribution in [0.2, 0.25) is 0 Å². The molecule has 0 spiro atoms. The topological polar surface area (TPSA) is 81.3 Å². The molecule has 1 fully saturated rings. The zero-order chi connectivity index (χ0) is 19.9. The molecule has 1 aromatic heterocycles. The van der Waals surface area contributed by atoms with Crippen molar-refractivity contribution in [2.45, 2.75) is 26.7 Å². The minimum atomic E-state index is -0.222. The number of carbonyl (C=O) groups is 1. The van der Waals surface area contributed by atoms with Gasteiger partial charge >= 0.3 is 0 Å². The maximum atomic E-state index is 12.7. The molecule has 1 atom stereocenters. The maximum Gasteiger partial charge on any atom is 0.266 e. The lowest BCUT2D eigenvalue weighted by Crippen LogP contribution is -2.45. The van der Waals surface area contributed by atoms with E-state index in [2.05, 4.69) is 63.4 Å². The number of carbonyl (C=O) groups excluding carboxylic acids is 1. The Morgan fingerprint density at radius 3 is 3.00 bits per heavy atom. The first-order chi connectivity index (χ1) is 13.6. The Hall–Kier alpha value is -2.83. The molecule has 1 aliphatic rings. The van der Waals surface area contributed by atoms with Gasteiger partial charge < -0.3 is 15.1 Å². The highest BCUT2D eigenvalue weighted by molar-refractivity contribution is 5.79. The summed E-state index contributed by atoms with van der Waals surface area (Å²) in [4.78, 5) is 28.5. The first-order valence-electron chi connectivity index (χ1n) is 9.96. The summed E-state index contributed by atoms with van der Waals surface area (Å²) in [6.45, 7) is 7.96. The summed E-state index contributed by atoms with van der Waals surface area (Å²) in [6.07, 6.45) is 3.44. The van der Waals surface area contributed by atoms with Crippen molar-refractivity contribution in [3.05, 3.63) is 52.4 Å². The van der Waals surface area contributed by atoms with E-state index in [1.807, 2.05) is 0 Å². The molecule has 1 aliphatic heterocycles. The number of amides is 1. The number of piperidine rings is 1. The molecule has 7 heteroatoms. The standard InChI is InChI=1S/C21H29N5O2/c1-3-25(18-8-4-6-16(2)12-18)11-9-22-21(28)17-7-5-10-26(15-17)19-13-20(27)24-23-14-19/h4,6,8,12-14,17H,3,5,7,9-11,15H2,1-2H3,(H,22,28)(H,24,27)/t17-/m0/s1. The predicted octanol–water partition coefficient (Wildman–Crippen LogP) is 1.94. The van der Waals surface area contributed by atoms with Gasteiger partial charge in [0.05, 0.1) is 17.8 Å². The fourth-order valence-electron chi connectivity index (χ4n) is 3.72. The van der Waals surface area contributed by atoms with Crippen LogP contribution in [0.15, 0.2) is 41.3 Å². The minimum Gasteiger partial charge on any atom is -0.370 e. The van der Waals surface area contributed by atoms with E-state index in [-0.39, 0.29) is 17.4 Å². The van der Waals surface area contributed by atoms with Gasteiger partial charge in [-0.05, 0) is 44.4 Å². The van der Waals surface area contributed by atoms with Gasteiger partial charge in [0, 0.05) is 44.5 Å². The Morgan fingerprint density at radius 1 is 1.39 bits per heavy atom. The van der Waals surface area contributed by atoms with Crippen molar-refractivity contribution in [3.63, 3.8) is 0 Å². The molecule has 0 bridgehead atoms. The summed E-state index contributed by atoms with van der Waals surface area (Å²) < 4.78 is 0. The summed E-state index contributed by atoms with van der Waals surface area (Å²) >= 11 is 0. The number of hydrogen-bond donors (Lipinski definition) is 2. The molecule has 1 saturated heterocycles. The van der Waals surface area contributed by atoms with E-state index in [4.69, 9.17) is 0 Å². The van der Waals surface area contributed by atoms with Crippen LogP contribution in [0.1, 0.15) is 25.3 Å². The van der Waals surface area contributed by atoms with E-state index in [9.17, 15) is 9.59 Å². The zero-order valence-corrected chi connectivity index (χ0v) is 16.6. The third kappa shape index (κ3) is 5.12. The average molecular weight is 383 g/mol. The SMILES string of the molecule is CCN(CCNC(=O)[C@H]1CCCN(c2cn[nH]c(=O)c2)C1)c1cccc(C)c1. The number of hydrogen-bond acceptors (Lipinski definition) is 5. The number of nitrogens with zero attached hydrogens (tertiary/aromatic N) is 3. The molecule has 7 nitrogen and oxygen atoms in total. The smallest absolute Gasteiger partial charge is 0.266 e. The van der Waals surface area contributed by atoms with Crippen LogP contribution in [-0.2, 0) is 4.79 Å². The Kier molecular flexibility index (Phi) is 6.68. The highest BCUT2D eigenvalue weighted by Crippen LogP contribution is 2.21. The number of rotatable bonds is 7. The number of aryl methyl sites for hydroxylation is 1. The van der Waals surface area contributed by atoms with Crippen molar-refractivity contribution in [2.24, 2.45) is 5.92 Å². The minimum absolute atomic E-state index is 0.0675. The van der Waals surface area contributed by atoms with E-state index in [1.54, 1.807) is 6.20 Å². The van der Waals surface area contributed by atoms with Crippen LogP contribution in [-0.4, -0.2) is 48.8 Å². The first-order valence-corrected chi connectivity index (χ1v) is 9.96. The van der Waals surface area contributed by atoms with Crippen LogP contribution in [0.3, 0.4) is 0 Å². The third-order valence-corrected chi connectivity index (χ3v) is 5.24. The first kappa shape index (κ1) is 19.9.